The number of aryl methyl sites for hydroxylation is 1. The Morgan fingerprint density at radius 3 is 2.72 bits per heavy atom. The van der Waals surface area contributed by atoms with Crippen LogP contribution in [0.4, 0.5) is 0 Å². The van der Waals surface area contributed by atoms with Crippen LogP contribution in [-0.2, 0) is 10.0 Å². The Hall–Kier alpha value is -0.850. The molecule has 1 aliphatic carbocycles. The van der Waals surface area contributed by atoms with Gasteiger partial charge in [0.15, 0.2) is 0 Å². The van der Waals surface area contributed by atoms with E-state index in [1.54, 1.807) is 13.0 Å². The second-order valence-corrected chi connectivity index (χ2v) is 6.71. The molecule has 0 bridgehead atoms. The van der Waals surface area contributed by atoms with Gasteiger partial charge in [0.2, 0.25) is 10.0 Å². The second-order valence-electron chi connectivity index (χ2n) is 4.84. The van der Waals surface area contributed by atoms with Crippen molar-refractivity contribution in [2.75, 3.05) is 12.3 Å². The van der Waals surface area contributed by atoms with Gasteiger partial charge in [0.05, 0.1) is 11.8 Å². The zero-order valence-corrected chi connectivity index (χ0v) is 11.6. The molecule has 0 spiro atoms. The fraction of sp³-hybridized carbons (Fsp3) is 0.667. The van der Waals surface area contributed by atoms with Crippen molar-refractivity contribution in [3.05, 3.63) is 23.7 Å². The van der Waals surface area contributed by atoms with Gasteiger partial charge in [-0.05, 0) is 38.8 Å². The SMILES string of the molecule is Cc1ccc(C(C)NS(=O)(=O)CCNC2CC2)o1. The minimum absolute atomic E-state index is 0.105. The average Bonchev–Trinajstić information content (AvgIpc) is 2.98. The first-order valence-electron chi connectivity index (χ1n) is 6.26. The van der Waals surface area contributed by atoms with E-state index >= 15 is 0 Å². The summed E-state index contributed by atoms with van der Waals surface area (Å²) in [5, 5.41) is 3.19. The lowest BCUT2D eigenvalue weighted by Gasteiger charge is -2.12. The molecule has 1 unspecified atom stereocenters. The van der Waals surface area contributed by atoms with Crippen molar-refractivity contribution in [2.45, 2.75) is 38.8 Å². The summed E-state index contributed by atoms with van der Waals surface area (Å²) in [5.41, 5.74) is 0. The van der Waals surface area contributed by atoms with E-state index in [1.165, 1.54) is 0 Å². The maximum absolute atomic E-state index is 11.8. The van der Waals surface area contributed by atoms with Crippen LogP contribution in [0.3, 0.4) is 0 Å². The predicted octanol–water partition coefficient (Wildman–Crippen LogP) is 1.32. The van der Waals surface area contributed by atoms with Gasteiger partial charge in [0.25, 0.3) is 0 Å². The third kappa shape index (κ3) is 4.12. The Morgan fingerprint density at radius 2 is 2.17 bits per heavy atom. The number of hydrogen-bond acceptors (Lipinski definition) is 4. The van der Waals surface area contributed by atoms with E-state index in [9.17, 15) is 8.42 Å². The summed E-state index contributed by atoms with van der Waals surface area (Å²) in [4.78, 5) is 0. The fourth-order valence-corrected chi connectivity index (χ4v) is 2.92. The van der Waals surface area contributed by atoms with Gasteiger partial charge in [-0.3, -0.25) is 0 Å². The molecule has 1 atom stereocenters. The molecule has 102 valence electrons. The number of nitrogens with one attached hydrogen (secondary N) is 2. The van der Waals surface area contributed by atoms with Crippen molar-refractivity contribution < 1.29 is 12.8 Å². The van der Waals surface area contributed by atoms with E-state index in [4.69, 9.17) is 4.42 Å². The first-order valence-corrected chi connectivity index (χ1v) is 7.91. The Morgan fingerprint density at radius 1 is 1.44 bits per heavy atom. The van der Waals surface area contributed by atoms with E-state index in [-0.39, 0.29) is 11.8 Å². The maximum atomic E-state index is 11.8. The van der Waals surface area contributed by atoms with E-state index < -0.39 is 10.0 Å². The fourth-order valence-electron chi connectivity index (χ4n) is 1.76. The number of hydrogen-bond donors (Lipinski definition) is 2. The first-order chi connectivity index (χ1) is 8.46. The Bertz CT molecular complexity index is 491. The van der Waals surface area contributed by atoms with Gasteiger partial charge in [-0.1, -0.05) is 0 Å². The molecule has 1 aromatic heterocycles. The molecule has 0 amide bonds. The molecule has 5 nitrogen and oxygen atoms in total. The summed E-state index contributed by atoms with van der Waals surface area (Å²) < 4.78 is 31.7. The van der Waals surface area contributed by atoms with E-state index in [0.717, 1.165) is 18.6 Å². The maximum Gasteiger partial charge on any atom is 0.213 e. The topological polar surface area (TPSA) is 71.3 Å². The largest absolute Gasteiger partial charge is 0.465 e. The predicted molar refractivity (Wildman–Crippen MR) is 69.8 cm³/mol. The van der Waals surface area contributed by atoms with Crippen LogP contribution in [0.25, 0.3) is 0 Å². The quantitative estimate of drug-likeness (QED) is 0.785. The number of sulfonamides is 1. The van der Waals surface area contributed by atoms with E-state index in [0.29, 0.717) is 18.3 Å². The Labute approximate surface area is 108 Å². The number of furan rings is 1. The van der Waals surface area contributed by atoms with Gasteiger partial charge in [-0.25, -0.2) is 13.1 Å². The lowest BCUT2D eigenvalue weighted by molar-refractivity contribution is 0.441. The third-order valence-corrected chi connectivity index (χ3v) is 4.38. The molecule has 1 aliphatic rings. The molecule has 0 saturated heterocycles. The van der Waals surface area contributed by atoms with Gasteiger partial charge < -0.3 is 9.73 Å². The van der Waals surface area contributed by atoms with Gasteiger partial charge in [-0.2, -0.15) is 0 Å². The van der Waals surface area contributed by atoms with Crippen LogP contribution in [0.15, 0.2) is 16.5 Å². The van der Waals surface area contributed by atoms with Gasteiger partial charge in [0.1, 0.15) is 11.5 Å². The van der Waals surface area contributed by atoms with Crippen molar-refractivity contribution in [1.82, 2.24) is 10.0 Å². The molecule has 2 rings (SSSR count). The summed E-state index contributed by atoms with van der Waals surface area (Å²) >= 11 is 0. The third-order valence-electron chi connectivity index (χ3n) is 2.93. The Kier molecular flexibility index (Phi) is 4.09. The highest BCUT2D eigenvalue weighted by Crippen LogP contribution is 2.18. The van der Waals surface area contributed by atoms with Crippen molar-refractivity contribution in [2.24, 2.45) is 0 Å². The zero-order valence-electron chi connectivity index (χ0n) is 10.8. The van der Waals surface area contributed by atoms with Crippen molar-refractivity contribution >= 4 is 10.0 Å². The molecular weight excluding hydrogens is 252 g/mol. The molecule has 0 radical (unpaired) electrons. The monoisotopic (exact) mass is 272 g/mol. The molecule has 6 heteroatoms. The highest BCUT2D eigenvalue weighted by Gasteiger charge is 2.22. The summed E-state index contributed by atoms with van der Waals surface area (Å²) in [6.45, 7) is 4.12. The molecule has 1 heterocycles. The number of rotatable bonds is 7. The standard InChI is InChI=1S/C12H20N2O3S/c1-9-3-6-12(17-9)10(2)14-18(15,16)8-7-13-11-4-5-11/h3,6,10-11,13-14H,4-5,7-8H2,1-2H3. The highest BCUT2D eigenvalue weighted by molar-refractivity contribution is 7.89. The molecule has 0 aliphatic heterocycles. The molecule has 1 fully saturated rings. The lowest BCUT2D eigenvalue weighted by Crippen LogP contribution is -2.34. The van der Waals surface area contributed by atoms with Crippen LogP contribution in [-0.4, -0.2) is 26.8 Å². The molecule has 2 N–H and O–H groups in total. The highest BCUT2D eigenvalue weighted by atomic mass is 32.2. The summed E-state index contributed by atoms with van der Waals surface area (Å²) in [6.07, 6.45) is 2.32. The molecule has 18 heavy (non-hydrogen) atoms. The van der Waals surface area contributed by atoms with Crippen LogP contribution >= 0.6 is 0 Å². The molecule has 1 saturated carbocycles. The summed E-state index contributed by atoms with van der Waals surface area (Å²) in [7, 11) is -3.26. The minimum atomic E-state index is -3.26. The normalized spacial score (nSPS) is 17.9. The summed E-state index contributed by atoms with van der Waals surface area (Å²) in [5.74, 6) is 1.53. The van der Waals surface area contributed by atoms with Gasteiger partial charge in [-0.15, -0.1) is 0 Å². The van der Waals surface area contributed by atoms with Gasteiger partial charge in [0, 0.05) is 12.6 Å². The molecule has 1 aromatic rings. The first kappa shape index (κ1) is 13.6. The van der Waals surface area contributed by atoms with Crippen LogP contribution in [0.1, 0.15) is 37.3 Å². The van der Waals surface area contributed by atoms with Crippen LogP contribution in [0.5, 0.6) is 0 Å². The van der Waals surface area contributed by atoms with Crippen molar-refractivity contribution in [1.29, 1.82) is 0 Å². The second kappa shape index (κ2) is 5.42. The van der Waals surface area contributed by atoms with Crippen LogP contribution in [0, 0.1) is 6.92 Å². The molecular formula is C12H20N2O3S. The van der Waals surface area contributed by atoms with Crippen molar-refractivity contribution in [3.8, 4) is 0 Å². The summed E-state index contributed by atoms with van der Waals surface area (Å²) in [6, 6.07) is 3.83. The van der Waals surface area contributed by atoms with Crippen LogP contribution < -0.4 is 10.0 Å². The van der Waals surface area contributed by atoms with Gasteiger partial charge >= 0.3 is 0 Å². The Balaban J connectivity index is 1.82. The van der Waals surface area contributed by atoms with E-state index in [1.807, 2.05) is 13.0 Å². The average molecular weight is 272 g/mol. The van der Waals surface area contributed by atoms with Crippen LogP contribution in [0.2, 0.25) is 0 Å². The lowest BCUT2D eigenvalue weighted by atomic mass is 10.3. The zero-order chi connectivity index (χ0) is 13.2. The minimum Gasteiger partial charge on any atom is -0.465 e. The van der Waals surface area contributed by atoms with Crippen molar-refractivity contribution in [3.63, 3.8) is 0 Å². The molecule has 0 aromatic carbocycles. The smallest absolute Gasteiger partial charge is 0.213 e. The van der Waals surface area contributed by atoms with E-state index in [2.05, 4.69) is 10.0 Å².